The van der Waals surface area contributed by atoms with Crippen molar-refractivity contribution >= 4 is 11.8 Å². The summed E-state index contributed by atoms with van der Waals surface area (Å²) in [5.74, 6) is 1.56. The van der Waals surface area contributed by atoms with Gasteiger partial charge in [0.2, 0.25) is 5.95 Å². The van der Waals surface area contributed by atoms with Crippen LogP contribution in [0.1, 0.15) is 13.8 Å². The molecule has 0 saturated heterocycles. The summed E-state index contributed by atoms with van der Waals surface area (Å²) in [7, 11) is 3.70. The van der Waals surface area contributed by atoms with Crippen molar-refractivity contribution in [3.8, 4) is 0 Å². The van der Waals surface area contributed by atoms with E-state index in [2.05, 4.69) is 27.1 Å². The van der Waals surface area contributed by atoms with E-state index in [1.807, 2.05) is 20.0 Å². The largest absolute Gasteiger partial charge is 0.383 e. The van der Waals surface area contributed by atoms with Crippen molar-refractivity contribution in [2.24, 2.45) is 0 Å². The molecule has 0 amide bonds. The van der Waals surface area contributed by atoms with Crippen LogP contribution in [0, 0.1) is 0 Å². The first kappa shape index (κ1) is 12.7. The molecule has 0 aliphatic heterocycles. The summed E-state index contributed by atoms with van der Waals surface area (Å²) in [6, 6.07) is 2.18. The van der Waals surface area contributed by atoms with Crippen LogP contribution in [0.5, 0.6) is 0 Å². The number of likely N-dealkylation sites (N-methyl/N-ethyl adjacent to an activating group) is 1. The quantitative estimate of drug-likeness (QED) is 0.791. The summed E-state index contributed by atoms with van der Waals surface area (Å²) in [6.07, 6.45) is 1.76. The minimum absolute atomic E-state index is 0.286. The molecule has 0 fully saturated rings. The lowest BCUT2D eigenvalue weighted by molar-refractivity contribution is 0.183. The van der Waals surface area contributed by atoms with E-state index >= 15 is 0 Å². The van der Waals surface area contributed by atoms with Gasteiger partial charge in [-0.25, -0.2) is 4.98 Å². The van der Waals surface area contributed by atoms with Crippen molar-refractivity contribution in [1.82, 2.24) is 9.97 Å². The number of nitrogens with one attached hydrogen (secondary N) is 1. The van der Waals surface area contributed by atoms with Crippen molar-refractivity contribution in [2.75, 3.05) is 37.5 Å². The van der Waals surface area contributed by atoms with Crippen LogP contribution in [0.2, 0.25) is 0 Å². The molecule has 0 radical (unpaired) electrons. The Morgan fingerprint density at radius 1 is 1.56 bits per heavy atom. The molecule has 5 nitrogen and oxygen atoms in total. The lowest BCUT2D eigenvalue weighted by atomic mass is 10.3. The van der Waals surface area contributed by atoms with Gasteiger partial charge in [0.1, 0.15) is 5.82 Å². The molecular formula is C11H20N4O. The van der Waals surface area contributed by atoms with Crippen LogP contribution in [-0.2, 0) is 4.74 Å². The summed E-state index contributed by atoms with van der Waals surface area (Å²) in [5, 5.41) is 3.09. The lowest BCUT2D eigenvalue weighted by Gasteiger charge is -2.25. The summed E-state index contributed by atoms with van der Waals surface area (Å²) in [6.45, 7) is 5.61. The van der Waals surface area contributed by atoms with Gasteiger partial charge in [-0.1, -0.05) is 0 Å². The van der Waals surface area contributed by atoms with Gasteiger partial charge in [-0.15, -0.1) is 0 Å². The van der Waals surface area contributed by atoms with E-state index in [1.165, 1.54) is 0 Å². The van der Waals surface area contributed by atoms with Crippen LogP contribution >= 0.6 is 0 Å². The Kier molecular flexibility index (Phi) is 4.98. The molecule has 0 aliphatic carbocycles. The van der Waals surface area contributed by atoms with Gasteiger partial charge in [0.05, 0.1) is 12.6 Å². The third-order valence-corrected chi connectivity index (χ3v) is 2.41. The first-order chi connectivity index (χ1) is 7.69. The van der Waals surface area contributed by atoms with Crippen LogP contribution in [0.3, 0.4) is 0 Å². The predicted molar refractivity (Wildman–Crippen MR) is 65.9 cm³/mol. The van der Waals surface area contributed by atoms with Crippen molar-refractivity contribution in [1.29, 1.82) is 0 Å². The number of methoxy groups -OCH3 is 1. The van der Waals surface area contributed by atoms with E-state index < -0.39 is 0 Å². The molecule has 1 atom stereocenters. The Bertz CT molecular complexity index is 319. The van der Waals surface area contributed by atoms with E-state index in [0.29, 0.717) is 12.6 Å². The molecule has 0 saturated carbocycles. The van der Waals surface area contributed by atoms with Crippen molar-refractivity contribution in [2.45, 2.75) is 19.9 Å². The van der Waals surface area contributed by atoms with Gasteiger partial charge in [-0.05, 0) is 19.9 Å². The van der Waals surface area contributed by atoms with Gasteiger partial charge in [0.25, 0.3) is 0 Å². The third kappa shape index (κ3) is 3.34. The highest BCUT2D eigenvalue weighted by Crippen LogP contribution is 2.13. The Labute approximate surface area is 96.8 Å². The topological polar surface area (TPSA) is 50.3 Å². The SMILES string of the molecule is CCNc1nccc(N(C)C(C)COC)n1. The predicted octanol–water partition coefficient (Wildman–Crippen LogP) is 1.38. The highest BCUT2D eigenvalue weighted by molar-refractivity contribution is 5.42. The Morgan fingerprint density at radius 2 is 2.31 bits per heavy atom. The maximum absolute atomic E-state index is 5.12. The number of aromatic nitrogens is 2. The van der Waals surface area contributed by atoms with E-state index in [4.69, 9.17) is 4.74 Å². The van der Waals surface area contributed by atoms with Crippen LogP contribution in [-0.4, -0.2) is 43.3 Å². The Balaban J connectivity index is 2.74. The third-order valence-electron chi connectivity index (χ3n) is 2.41. The Hall–Kier alpha value is -1.36. The summed E-state index contributed by atoms with van der Waals surface area (Å²) >= 11 is 0. The zero-order valence-electron chi connectivity index (χ0n) is 10.4. The molecule has 5 heteroatoms. The van der Waals surface area contributed by atoms with Crippen LogP contribution in [0.4, 0.5) is 11.8 Å². The maximum atomic E-state index is 5.12. The second-order valence-corrected chi connectivity index (χ2v) is 3.68. The van der Waals surface area contributed by atoms with Crippen molar-refractivity contribution in [3.05, 3.63) is 12.3 Å². The molecule has 0 aliphatic rings. The van der Waals surface area contributed by atoms with Crippen molar-refractivity contribution < 1.29 is 4.74 Å². The zero-order chi connectivity index (χ0) is 12.0. The number of hydrogen-bond donors (Lipinski definition) is 1. The Morgan fingerprint density at radius 3 is 2.94 bits per heavy atom. The number of ether oxygens (including phenoxy) is 1. The fourth-order valence-electron chi connectivity index (χ4n) is 1.37. The van der Waals surface area contributed by atoms with E-state index in [-0.39, 0.29) is 6.04 Å². The van der Waals surface area contributed by atoms with Crippen LogP contribution in [0.25, 0.3) is 0 Å². The summed E-state index contributed by atoms with van der Waals surface area (Å²) < 4.78 is 5.12. The van der Waals surface area contributed by atoms with Crippen LogP contribution in [0.15, 0.2) is 12.3 Å². The van der Waals surface area contributed by atoms with E-state index in [9.17, 15) is 0 Å². The molecule has 0 bridgehead atoms. The summed E-state index contributed by atoms with van der Waals surface area (Å²) in [5.41, 5.74) is 0. The average Bonchev–Trinajstić information content (AvgIpc) is 2.29. The molecule has 16 heavy (non-hydrogen) atoms. The first-order valence-corrected chi connectivity index (χ1v) is 5.47. The van der Waals surface area contributed by atoms with Gasteiger partial charge in [-0.3, -0.25) is 0 Å². The maximum Gasteiger partial charge on any atom is 0.224 e. The van der Waals surface area contributed by atoms with Gasteiger partial charge in [0, 0.05) is 26.9 Å². The van der Waals surface area contributed by atoms with E-state index in [1.54, 1.807) is 13.3 Å². The number of rotatable bonds is 6. The zero-order valence-corrected chi connectivity index (χ0v) is 10.4. The molecule has 1 heterocycles. The van der Waals surface area contributed by atoms with Gasteiger partial charge < -0.3 is 15.0 Å². The minimum Gasteiger partial charge on any atom is -0.383 e. The summed E-state index contributed by atoms with van der Waals surface area (Å²) in [4.78, 5) is 10.6. The molecule has 1 rings (SSSR count). The first-order valence-electron chi connectivity index (χ1n) is 5.47. The molecule has 1 aromatic rings. The fraction of sp³-hybridized carbons (Fsp3) is 0.636. The molecule has 1 aromatic heterocycles. The highest BCUT2D eigenvalue weighted by atomic mass is 16.5. The second kappa shape index (κ2) is 6.27. The number of hydrogen-bond acceptors (Lipinski definition) is 5. The molecule has 0 aromatic carbocycles. The molecule has 1 N–H and O–H groups in total. The molecule has 90 valence electrons. The molecule has 1 unspecified atom stereocenters. The normalized spacial score (nSPS) is 12.2. The highest BCUT2D eigenvalue weighted by Gasteiger charge is 2.11. The number of nitrogens with zero attached hydrogens (tertiary/aromatic N) is 3. The van der Waals surface area contributed by atoms with Gasteiger partial charge in [-0.2, -0.15) is 4.98 Å². The minimum atomic E-state index is 0.286. The smallest absolute Gasteiger partial charge is 0.224 e. The van der Waals surface area contributed by atoms with Gasteiger partial charge >= 0.3 is 0 Å². The standard InChI is InChI=1S/C11H20N4O/c1-5-12-11-13-7-6-10(14-11)15(3)9(2)8-16-4/h6-7,9H,5,8H2,1-4H3,(H,12,13,14). The lowest BCUT2D eigenvalue weighted by Crippen LogP contribution is -2.33. The monoisotopic (exact) mass is 224 g/mol. The number of anilines is 2. The molecular weight excluding hydrogens is 204 g/mol. The van der Waals surface area contributed by atoms with Crippen molar-refractivity contribution in [3.63, 3.8) is 0 Å². The van der Waals surface area contributed by atoms with Crippen LogP contribution < -0.4 is 10.2 Å². The second-order valence-electron chi connectivity index (χ2n) is 3.68. The average molecular weight is 224 g/mol. The molecule has 0 spiro atoms. The van der Waals surface area contributed by atoms with Gasteiger partial charge in [0.15, 0.2) is 0 Å². The fourth-order valence-corrected chi connectivity index (χ4v) is 1.37. The van der Waals surface area contributed by atoms with E-state index in [0.717, 1.165) is 12.4 Å².